The average Bonchev–Trinajstić information content (AvgIpc) is 2.38. The maximum absolute atomic E-state index is 12.2. The summed E-state index contributed by atoms with van der Waals surface area (Å²) in [6.45, 7) is 0.0470. The molecule has 1 rings (SSSR count). The monoisotopic (exact) mass is 183 g/mol. The van der Waals surface area contributed by atoms with Gasteiger partial charge in [-0.3, -0.25) is 0 Å². The standard InChI is InChI=1S/C7H12F3NO/c8-7(9,10)5(4-11)6-2-1-3-12-6/h5-6H,1-4,11H2. The molecular weight excluding hydrogens is 171 g/mol. The Labute approximate surface area is 68.9 Å². The maximum atomic E-state index is 12.2. The Morgan fingerprint density at radius 2 is 2.17 bits per heavy atom. The first-order chi connectivity index (χ1) is 5.55. The van der Waals surface area contributed by atoms with Crippen LogP contribution >= 0.6 is 0 Å². The summed E-state index contributed by atoms with van der Waals surface area (Å²) in [5.74, 6) is -1.49. The van der Waals surface area contributed by atoms with Crippen molar-refractivity contribution in [1.82, 2.24) is 0 Å². The number of alkyl halides is 3. The number of nitrogens with two attached hydrogens (primary N) is 1. The Hall–Kier alpha value is -0.290. The Morgan fingerprint density at radius 1 is 1.50 bits per heavy atom. The minimum Gasteiger partial charge on any atom is -0.378 e. The maximum Gasteiger partial charge on any atom is 0.395 e. The molecule has 0 aromatic rings. The van der Waals surface area contributed by atoms with Crippen molar-refractivity contribution in [3.05, 3.63) is 0 Å². The molecule has 2 nitrogen and oxygen atoms in total. The fraction of sp³-hybridized carbons (Fsp3) is 1.00. The summed E-state index contributed by atoms with van der Waals surface area (Å²) in [5, 5.41) is 0. The highest BCUT2D eigenvalue weighted by Gasteiger charge is 2.45. The molecule has 2 atom stereocenters. The first-order valence-corrected chi connectivity index (χ1v) is 3.94. The summed E-state index contributed by atoms with van der Waals surface area (Å²) in [4.78, 5) is 0. The van der Waals surface area contributed by atoms with E-state index >= 15 is 0 Å². The number of hydrogen-bond acceptors (Lipinski definition) is 2. The van der Waals surface area contributed by atoms with Crippen LogP contribution in [-0.2, 0) is 4.74 Å². The number of ether oxygens (including phenoxy) is 1. The molecule has 1 heterocycles. The van der Waals surface area contributed by atoms with Gasteiger partial charge >= 0.3 is 6.18 Å². The molecule has 12 heavy (non-hydrogen) atoms. The molecule has 1 fully saturated rings. The van der Waals surface area contributed by atoms with Gasteiger partial charge in [-0.15, -0.1) is 0 Å². The van der Waals surface area contributed by atoms with Gasteiger partial charge in [0.25, 0.3) is 0 Å². The Bertz CT molecular complexity index is 142. The largest absolute Gasteiger partial charge is 0.395 e. The summed E-state index contributed by atoms with van der Waals surface area (Å²) in [7, 11) is 0. The Balaban J connectivity index is 2.54. The molecule has 0 saturated carbocycles. The second kappa shape index (κ2) is 3.62. The average molecular weight is 183 g/mol. The molecule has 0 aromatic heterocycles. The van der Waals surface area contributed by atoms with Gasteiger partial charge < -0.3 is 10.5 Å². The number of rotatable bonds is 2. The van der Waals surface area contributed by atoms with Crippen molar-refractivity contribution in [2.24, 2.45) is 11.7 Å². The van der Waals surface area contributed by atoms with Crippen molar-refractivity contribution >= 4 is 0 Å². The smallest absolute Gasteiger partial charge is 0.378 e. The molecule has 1 saturated heterocycles. The first-order valence-electron chi connectivity index (χ1n) is 3.94. The minimum absolute atomic E-state index is 0.381. The van der Waals surface area contributed by atoms with Crippen molar-refractivity contribution in [2.45, 2.75) is 25.1 Å². The molecule has 2 unspecified atom stereocenters. The number of hydrogen-bond donors (Lipinski definition) is 1. The summed E-state index contributed by atoms with van der Waals surface area (Å²) >= 11 is 0. The van der Waals surface area contributed by atoms with Gasteiger partial charge in [-0.05, 0) is 12.8 Å². The summed E-state index contributed by atoms with van der Waals surface area (Å²) in [6.07, 6.45) is -3.75. The third-order valence-corrected chi connectivity index (χ3v) is 2.09. The number of halogens is 3. The van der Waals surface area contributed by atoms with Crippen molar-refractivity contribution in [3.63, 3.8) is 0 Å². The molecule has 0 aromatic carbocycles. The predicted molar refractivity (Wildman–Crippen MR) is 37.6 cm³/mol. The van der Waals surface area contributed by atoms with E-state index in [9.17, 15) is 13.2 Å². The van der Waals surface area contributed by atoms with Crippen molar-refractivity contribution in [3.8, 4) is 0 Å². The van der Waals surface area contributed by atoms with Gasteiger partial charge in [-0.1, -0.05) is 0 Å². The van der Waals surface area contributed by atoms with Gasteiger partial charge in [0.2, 0.25) is 0 Å². The van der Waals surface area contributed by atoms with Gasteiger partial charge in [0, 0.05) is 13.2 Å². The molecule has 0 spiro atoms. The van der Waals surface area contributed by atoms with Crippen LogP contribution in [0.15, 0.2) is 0 Å². The zero-order valence-corrected chi connectivity index (χ0v) is 6.60. The van der Waals surface area contributed by atoms with E-state index in [0.29, 0.717) is 19.4 Å². The third-order valence-electron chi connectivity index (χ3n) is 2.09. The first kappa shape index (κ1) is 9.80. The molecule has 0 amide bonds. The van der Waals surface area contributed by atoms with E-state index in [1.54, 1.807) is 0 Å². The second-order valence-corrected chi connectivity index (χ2v) is 2.94. The van der Waals surface area contributed by atoms with Crippen LogP contribution in [0.25, 0.3) is 0 Å². The topological polar surface area (TPSA) is 35.2 Å². The highest BCUT2D eigenvalue weighted by Crippen LogP contribution is 2.33. The van der Waals surface area contributed by atoms with Crippen LogP contribution in [0.2, 0.25) is 0 Å². The van der Waals surface area contributed by atoms with Crippen molar-refractivity contribution in [2.75, 3.05) is 13.2 Å². The SMILES string of the molecule is NCC(C1CCCO1)C(F)(F)F. The molecule has 1 aliphatic heterocycles. The lowest BCUT2D eigenvalue weighted by Crippen LogP contribution is -2.39. The molecule has 72 valence electrons. The normalized spacial score (nSPS) is 27.5. The Kier molecular flexibility index (Phi) is 2.95. The van der Waals surface area contributed by atoms with Gasteiger partial charge in [0.15, 0.2) is 0 Å². The predicted octanol–water partition coefficient (Wildman–Crippen LogP) is 1.30. The van der Waals surface area contributed by atoms with Gasteiger partial charge in [-0.25, -0.2) is 0 Å². The van der Waals surface area contributed by atoms with E-state index in [2.05, 4.69) is 0 Å². The molecule has 0 aliphatic carbocycles. The zero-order chi connectivity index (χ0) is 9.19. The molecule has 5 heteroatoms. The van der Waals surface area contributed by atoms with Gasteiger partial charge in [0.1, 0.15) is 0 Å². The molecular formula is C7H12F3NO. The van der Waals surface area contributed by atoms with Crippen LogP contribution < -0.4 is 5.73 Å². The Morgan fingerprint density at radius 3 is 2.50 bits per heavy atom. The molecule has 0 radical (unpaired) electrons. The van der Waals surface area contributed by atoms with Crippen LogP contribution in [0.4, 0.5) is 13.2 Å². The molecule has 0 bridgehead atoms. The van der Waals surface area contributed by atoms with Gasteiger partial charge in [-0.2, -0.15) is 13.2 Å². The summed E-state index contributed by atoms with van der Waals surface area (Å²) < 4.78 is 41.6. The quantitative estimate of drug-likeness (QED) is 0.700. The highest BCUT2D eigenvalue weighted by molar-refractivity contribution is 4.80. The zero-order valence-electron chi connectivity index (χ0n) is 6.60. The minimum atomic E-state index is -4.22. The fourth-order valence-electron chi connectivity index (χ4n) is 1.42. The summed E-state index contributed by atoms with van der Waals surface area (Å²) in [5.41, 5.74) is 5.04. The van der Waals surface area contributed by atoms with Crippen LogP contribution in [0.5, 0.6) is 0 Å². The summed E-state index contributed by atoms with van der Waals surface area (Å²) in [6, 6.07) is 0. The van der Waals surface area contributed by atoms with Crippen LogP contribution in [-0.4, -0.2) is 25.4 Å². The van der Waals surface area contributed by atoms with Crippen LogP contribution in [0.1, 0.15) is 12.8 Å². The fourth-order valence-corrected chi connectivity index (χ4v) is 1.42. The lowest BCUT2D eigenvalue weighted by Gasteiger charge is -2.23. The molecule has 1 aliphatic rings. The lowest BCUT2D eigenvalue weighted by atomic mass is 10.00. The lowest BCUT2D eigenvalue weighted by molar-refractivity contribution is -0.197. The van der Waals surface area contributed by atoms with Gasteiger partial charge in [0.05, 0.1) is 12.0 Å². The van der Waals surface area contributed by atoms with E-state index < -0.39 is 18.2 Å². The van der Waals surface area contributed by atoms with Crippen molar-refractivity contribution < 1.29 is 17.9 Å². The van der Waals surface area contributed by atoms with Crippen LogP contribution in [0, 0.1) is 5.92 Å². The van der Waals surface area contributed by atoms with Crippen LogP contribution in [0.3, 0.4) is 0 Å². The van der Waals surface area contributed by atoms with E-state index in [4.69, 9.17) is 10.5 Å². The van der Waals surface area contributed by atoms with E-state index in [1.807, 2.05) is 0 Å². The second-order valence-electron chi connectivity index (χ2n) is 2.94. The van der Waals surface area contributed by atoms with E-state index in [0.717, 1.165) is 0 Å². The third kappa shape index (κ3) is 2.10. The molecule has 2 N–H and O–H groups in total. The highest BCUT2D eigenvalue weighted by atomic mass is 19.4. The van der Waals surface area contributed by atoms with E-state index in [-0.39, 0.29) is 6.54 Å². The van der Waals surface area contributed by atoms with E-state index in [1.165, 1.54) is 0 Å². The van der Waals surface area contributed by atoms with Crippen molar-refractivity contribution in [1.29, 1.82) is 0 Å².